The molecule has 0 saturated carbocycles. The topological polar surface area (TPSA) is 90.1 Å². The van der Waals surface area contributed by atoms with Crippen molar-refractivity contribution in [1.29, 1.82) is 0 Å². The number of likely N-dealkylation sites (tertiary alicyclic amines) is 1. The number of piperidine rings is 1. The first-order chi connectivity index (χ1) is 9.46. The van der Waals surface area contributed by atoms with E-state index in [-0.39, 0.29) is 22.2 Å². The van der Waals surface area contributed by atoms with E-state index in [0.29, 0.717) is 6.04 Å². The Kier molecular flexibility index (Phi) is 4.20. The average molecular weight is 280 g/mol. The van der Waals surface area contributed by atoms with Crippen LogP contribution in [-0.4, -0.2) is 53.3 Å². The Morgan fingerprint density at radius 1 is 1.50 bits per heavy atom. The van der Waals surface area contributed by atoms with E-state index in [9.17, 15) is 4.79 Å². The highest BCUT2D eigenvalue weighted by molar-refractivity contribution is 5.91. The summed E-state index contributed by atoms with van der Waals surface area (Å²) in [4.78, 5) is 25.6. The zero-order valence-corrected chi connectivity index (χ0v) is 12.2. The lowest BCUT2D eigenvalue weighted by molar-refractivity contribution is -1.09. The van der Waals surface area contributed by atoms with Gasteiger partial charge in [0, 0.05) is 31.3 Å². The minimum Gasteiger partial charge on any atom is -0.382 e. The molecule has 1 aromatic heterocycles. The molecule has 0 amide bonds. The van der Waals surface area contributed by atoms with Gasteiger partial charge in [-0.1, -0.05) is 0 Å². The number of nitrogens with two attached hydrogens (primary N) is 1. The number of nitrogen functional groups attached to an aromatic ring is 1. The lowest BCUT2D eigenvalue weighted by Crippen LogP contribution is -2.58. The Morgan fingerprint density at radius 2 is 2.20 bits per heavy atom. The summed E-state index contributed by atoms with van der Waals surface area (Å²) in [7, 11) is 3.88. The van der Waals surface area contributed by atoms with Gasteiger partial charge in [-0.2, -0.15) is 0 Å². The first kappa shape index (κ1) is 14.7. The smallest absolute Gasteiger partial charge is 0.382 e. The summed E-state index contributed by atoms with van der Waals surface area (Å²) in [6.45, 7) is 2.84. The molecule has 1 saturated heterocycles. The van der Waals surface area contributed by atoms with Gasteiger partial charge < -0.3 is 11.1 Å². The van der Waals surface area contributed by atoms with Crippen LogP contribution in [0.4, 0.5) is 5.82 Å². The molecule has 1 aliphatic rings. The second-order valence-electron chi connectivity index (χ2n) is 5.43. The van der Waals surface area contributed by atoms with Gasteiger partial charge in [-0.05, 0) is 14.0 Å². The number of aromatic nitrogens is 2. The lowest BCUT2D eigenvalue weighted by Gasteiger charge is -2.41. The molecule has 2 rings (SSSR count). The quantitative estimate of drug-likeness (QED) is 0.776. The van der Waals surface area contributed by atoms with Gasteiger partial charge >= 0.3 is 5.97 Å². The Morgan fingerprint density at radius 3 is 2.80 bits per heavy atom. The first-order valence-electron chi connectivity index (χ1n) is 6.79. The SMILES string of the molecule is CNC1CC[N+](C)(OC(=O)c2nccnc2N)C(C)C1. The highest BCUT2D eigenvalue weighted by Gasteiger charge is 2.41. The van der Waals surface area contributed by atoms with Gasteiger partial charge in [-0.15, -0.1) is 4.65 Å². The van der Waals surface area contributed by atoms with Gasteiger partial charge in [0.1, 0.15) is 19.6 Å². The lowest BCUT2D eigenvalue weighted by atomic mass is 9.98. The number of nitrogens with one attached hydrogen (secondary N) is 1. The van der Waals surface area contributed by atoms with Crippen LogP contribution in [0, 0.1) is 0 Å². The van der Waals surface area contributed by atoms with Gasteiger partial charge in [0.05, 0.1) is 0 Å². The highest BCUT2D eigenvalue weighted by atomic mass is 16.7. The molecule has 20 heavy (non-hydrogen) atoms. The number of quaternary nitrogens is 1. The van der Waals surface area contributed by atoms with Gasteiger partial charge in [-0.25, -0.2) is 14.8 Å². The van der Waals surface area contributed by atoms with Crippen molar-refractivity contribution < 1.29 is 14.3 Å². The van der Waals surface area contributed by atoms with Crippen LogP contribution in [0.3, 0.4) is 0 Å². The zero-order chi connectivity index (χ0) is 14.8. The van der Waals surface area contributed by atoms with E-state index in [2.05, 4.69) is 22.2 Å². The van der Waals surface area contributed by atoms with Crippen molar-refractivity contribution in [3.63, 3.8) is 0 Å². The van der Waals surface area contributed by atoms with Gasteiger partial charge in [0.2, 0.25) is 0 Å². The van der Waals surface area contributed by atoms with E-state index in [1.165, 1.54) is 12.4 Å². The van der Waals surface area contributed by atoms with Crippen LogP contribution in [-0.2, 0) is 4.84 Å². The van der Waals surface area contributed by atoms with Crippen LogP contribution in [0.5, 0.6) is 0 Å². The molecule has 0 spiro atoms. The van der Waals surface area contributed by atoms with Crippen molar-refractivity contribution in [2.75, 3.05) is 26.4 Å². The molecule has 0 bridgehead atoms. The molecule has 1 fully saturated rings. The summed E-state index contributed by atoms with van der Waals surface area (Å²) in [5.41, 5.74) is 5.74. The number of carbonyl (C=O) groups excluding carboxylic acids is 1. The van der Waals surface area contributed by atoms with Gasteiger partial charge in [0.25, 0.3) is 0 Å². The number of hydrogen-bond acceptors (Lipinski definition) is 6. The van der Waals surface area contributed by atoms with E-state index < -0.39 is 5.97 Å². The Balaban J connectivity index is 2.09. The van der Waals surface area contributed by atoms with Crippen LogP contribution in [0.2, 0.25) is 0 Å². The largest absolute Gasteiger partial charge is 0.419 e. The van der Waals surface area contributed by atoms with E-state index in [0.717, 1.165) is 19.4 Å². The van der Waals surface area contributed by atoms with E-state index in [1.807, 2.05) is 14.1 Å². The molecule has 1 aliphatic heterocycles. The second kappa shape index (κ2) is 5.72. The molecule has 3 atom stereocenters. The molecule has 7 heteroatoms. The number of rotatable bonds is 3. The molecular formula is C13H22N5O2+. The number of anilines is 1. The number of nitrogens with zero attached hydrogens (tertiary/aromatic N) is 3. The van der Waals surface area contributed by atoms with E-state index in [4.69, 9.17) is 10.6 Å². The molecule has 0 aliphatic carbocycles. The van der Waals surface area contributed by atoms with Crippen LogP contribution < -0.4 is 11.1 Å². The third kappa shape index (κ3) is 2.88. The normalized spacial score (nSPS) is 29.9. The van der Waals surface area contributed by atoms with Crippen molar-refractivity contribution >= 4 is 11.8 Å². The van der Waals surface area contributed by atoms with E-state index in [1.54, 1.807) is 0 Å². The van der Waals surface area contributed by atoms with E-state index >= 15 is 0 Å². The zero-order valence-electron chi connectivity index (χ0n) is 12.2. The van der Waals surface area contributed by atoms with Gasteiger partial charge in [0.15, 0.2) is 11.5 Å². The summed E-state index contributed by atoms with van der Waals surface area (Å²) in [6, 6.07) is 0.680. The third-order valence-corrected chi connectivity index (χ3v) is 4.10. The van der Waals surface area contributed by atoms with Crippen molar-refractivity contribution in [2.24, 2.45) is 0 Å². The Bertz CT molecular complexity index is 495. The molecule has 3 N–H and O–H groups in total. The minimum atomic E-state index is -0.521. The monoisotopic (exact) mass is 280 g/mol. The summed E-state index contributed by atoms with van der Waals surface area (Å²) >= 11 is 0. The maximum absolute atomic E-state index is 12.2. The molecule has 1 aromatic rings. The Hall–Kier alpha value is -1.73. The summed E-state index contributed by atoms with van der Waals surface area (Å²) in [5.74, 6) is -0.422. The van der Waals surface area contributed by atoms with Crippen molar-refractivity contribution in [2.45, 2.75) is 31.8 Å². The Labute approximate surface area is 118 Å². The summed E-state index contributed by atoms with van der Waals surface area (Å²) < 4.78 is 0.243. The van der Waals surface area contributed by atoms with Crippen LogP contribution in [0.15, 0.2) is 12.4 Å². The maximum Gasteiger partial charge on any atom is 0.419 e. The number of hydrogen-bond donors (Lipinski definition) is 2. The summed E-state index contributed by atoms with van der Waals surface area (Å²) in [5, 5.41) is 3.27. The first-order valence-corrected chi connectivity index (χ1v) is 6.79. The molecule has 0 aromatic carbocycles. The molecule has 2 heterocycles. The van der Waals surface area contributed by atoms with Crippen LogP contribution in [0.25, 0.3) is 0 Å². The van der Waals surface area contributed by atoms with Gasteiger partial charge in [-0.3, -0.25) is 4.84 Å². The fourth-order valence-electron chi connectivity index (χ4n) is 2.52. The van der Waals surface area contributed by atoms with Crippen molar-refractivity contribution in [3.05, 3.63) is 18.1 Å². The van der Waals surface area contributed by atoms with Crippen molar-refractivity contribution in [3.8, 4) is 0 Å². The third-order valence-electron chi connectivity index (χ3n) is 4.10. The number of carbonyl (C=O) groups is 1. The van der Waals surface area contributed by atoms with Crippen molar-refractivity contribution in [1.82, 2.24) is 15.3 Å². The maximum atomic E-state index is 12.2. The molecule has 0 radical (unpaired) electrons. The summed E-state index contributed by atoms with van der Waals surface area (Å²) in [6.07, 6.45) is 4.80. The molecular weight excluding hydrogens is 258 g/mol. The fraction of sp³-hybridized carbons (Fsp3) is 0.615. The standard InChI is InChI=1S/C13H21N5O2/c1-9-8-10(15-2)4-7-18(9,3)20-13(19)11-12(14)17-6-5-16-11/h5-6,9-10,15H,4,7-8H2,1-3H3,(H-,14,17,19)/p+1. The predicted octanol–water partition coefficient (Wildman–Crippen LogP) is 0.348. The predicted molar refractivity (Wildman–Crippen MR) is 74.5 cm³/mol. The van der Waals surface area contributed by atoms with Crippen LogP contribution >= 0.6 is 0 Å². The molecule has 110 valence electrons. The average Bonchev–Trinajstić information content (AvgIpc) is 2.42. The highest BCUT2D eigenvalue weighted by Crippen LogP contribution is 2.25. The van der Waals surface area contributed by atoms with Crippen LogP contribution in [0.1, 0.15) is 30.3 Å². The fourth-order valence-corrected chi connectivity index (χ4v) is 2.52. The number of hydroxylamine groups is 3. The second-order valence-corrected chi connectivity index (χ2v) is 5.43. The molecule has 3 unspecified atom stereocenters. The molecule has 7 nitrogen and oxygen atoms in total. The minimum absolute atomic E-state index is 0.0785.